The van der Waals surface area contributed by atoms with Gasteiger partial charge >= 0.3 is 0 Å². The van der Waals surface area contributed by atoms with Crippen molar-refractivity contribution in [3.05, 3.63) is 70.3 Å². The van der Waals surface area contributed by atoms with Crippen molar-refractivity contribution in [2.45, 2.75) is 51.2 Å². The molecule has 1 unspecified atom stereocenters. The van der Waals surface area contributed by atoms with Crippen LogP contribution in [0.5, 0.6) is 5.75 Å². The third kappa shape index (κ3) is 6.07. The Morgan fingerprint density at radius 1 is 1.15 bits per heavy atom. The normalized spacial score (nSPS) is 32.4. The van der Waals surface area contributed by atoms with Gasteiger partial charge in [0.2, 0.25) is 0 Å². The summed E-state index contributed by atoms with van der Waals surface area (Å²) in [5, 5.41) is 0.711. The van der Waals surface area contributed by atoms with Gasteiger partial charge in [0, 0.05) is 53.1 Å². The highest BCUT2D eigenvalue weighted by molar-refractivity contribution is 7.75. The molecule has 0 aromatic heterocycles. The lowest BCUT2D eigenvalue weighted by molar-refractivity contribution is 0.0133. The minimum atomic E-state index is -2.01. The first-order valence-electron chi connectivity index (χ1n) is 14.6. The molecule has 2 aromatic rings. The number of ether oxygens (including phenoxy) is 2. The molecule has 2 heterocycles. The maximum Gasteiger partial charge on any atom is 0.284 e. The molecule has 1 amide bonds. The Morgan fingerprint density at radius 2 is 2.02 bits per heavy atom. The van der Waals surface area contributed by atoms with Gasteiger partial charge in [0.15, 0.2) is 0 Å². The van der Waals surface area contributed by atoms with Crippen molar-refractivity contribution in [2.75, 3.05) is 30.9 Å². The second-order valence-electron chi connectivity index (χ2n) is 11.8. The molecule has 0 N–H and O–H groups in total. The molecule has 6 nitrogen and oxygen atoms in total. The molecule has 7 atom stereocenters. The second kappa shape index (κ2) is 12.2. The summed E-state index contributed by atoms with van der Waals surface area (Å²) >= 11 is 6.49. The van der Waals surface area contributed by atoms with Gasteiger partial charge in [-0.1, -0.05) is 48.6 Å². The van der Waals surface area contributed by atoms with Gasteiger partial charge in [-0.05, 0) is 84.9 Å². The predicted octanol–water partition coefficient (Wildman–Crippen LogP) is 6.29. The van der Waals surface area contributed by atoms with Gasteiger partial charge in [-0.2, -0.15) is 4.36 Å². The molecule has 2 aliphatic carbocycles. The summed E-state index contributed by atoms with van der Waals surface area (Å²) in [4.78, 5) is 15.6. The number of methoxy groups -OCH3 is 1. The van der Waals surface area contributed by atoms with Crippen LogP contribution in [0.2, 0.25) is 5.02 Å². The molecule has 1 saturated carbocycles. The van der Waals surface area contributed by atoms with Crippen molar-refractivity contribution in [1.82, 2.24) is 0 Å². The Kier molecular flexibility index (Phi) is 8.44. The molecule has 2 bridgehead atoms. The number of allylic oxidation sites excluding steroid dienone is 1. The van der Waals surface area contributed by atoms with Gasteiger partial charge in [-0.15, -0.1) is 0 Å². The molecule has 2 aromatic carbocycles. The molecule has 41 heavy (non-hydrogen) atoms. The first-order chi connectivity index (χ1) is 19.9. The standard InChI is InChI=1S/C33H37ClN2O4S/c1-21-4-3-5-31(39-2)28-12-8-24(28)18-36-19-25-6-10-26(34)17-29(25)27-11-7-22(27)14-15-40-32-13-9-23(16-30(32)36)33(37)35-41(38)20-21/h3,5-6,9-10,13,16-17,21-22,24,27-28,31,41H,4,8,12,14-15,18-20H2,1-2H3/b5-3+/t21-,22-,24-,27-,28+,31-/m0/s1. The predicted molar refractivity (Wildman–Crippen MR) is 164 cm³/mol. The van der Waals surface area contributed by atoms with E-state index >= 15 is 0 Å². The number of rotatable bonds is 1. The molecule has 8 heteroatoms. The number of nitrogens with zero attached hydrogens (tertiary/aromatic N) is 2. The molecule has 0 radical (unpaired) electrons. The van der Waals surface area contributed by atoms with Crippen LogP contribution in [0.15, 0.2) is 52.9 Å². The quantitative estimate of drug-likeness (QED) is 0.240. The van der Waals surface area contributed by atoms with Gasteiger partial charge < -0.3 is 14.4 Å². The van der Waals surface area contributed by atoms with Crippen molar-refractivity contribution >= 4 is 33.8 Å². The zero-order chi connectivity index (χ0) is 28.5. The highest BCUT2D eigenvalue weighted by Crippen LogP contribution is 2.43. The number of fused-ring (bicyclic) bond motifs is 5. The second-order valence-corrected chi connectivity index (χ2v) is 13.5. The molecule has 216 valence electrons. The van der Waals surface area contributed by atoms with Crippen molar-refractivity contribution in [1.29, 1.82) is 0 Å². The SMILES string of the molecule is CO[C@H]1/C=C/C[C@H](C)C/[SH](=O)=N\C(=O)c2ccc3c(c2)N(Cc2ccc(Cl)cc2[C@H]2C#C[C@H]2CCO3)C[C@@H]2CC[C@H]21. The zero-order valence-electron chi connectivity index (χ0n) is 23.6. The number of benzene rings is 2. The van der Waals surface area contributed by atoms with Gasteiger partial charge in [0.1, 0.15) is 5.75 Å². The number of hydrogen-bond acceptors (Lipinski definition) is 5. The molecule has 4 aliphatic rings. The van der Waals surface area contributed by atoms with Crippen LogP contribution in [-0.4, -0.2) is 42.2 Å². The molecule has 6 rings (SSSR count). The summed E-state index contributed by atoms with van der Waals surface area (Å²) in [5.74, 6) is 8.69. The Bertz CT molecular complexity index is 1500. The Morgan fingerprint density at radius 3 is 2.78 bits per heavy atom. The van der Waals surface area contributed by atoms with Crippen LogP contribution in [0.1, 0.15) is 60.0 Å². The maximum atomic E-state index is 13.2. The van der Waals surface area contributed by atoms with Crippen LogP contribution >= 0.6 is 11.6 Å². The molecule has 0 saturated heterocycles. The summed E-state index contributed by atoms with van der Waals surface area (Å²) in [5.41, 5.74) is 3.63. The van der Waals surface area contributed by atoms with Crippen LogP contribution in [0.25, 0.3) is 0 Å². The van der Waals surface area contributed by atoms with Crippen molar-refractivity contribution < 1.29 is 18.5 Å². The van der Waals surface area contributed by atoms with E-state index in [0.717, 1.165) is 43.7 Å². The lowest BCUT2D eigenvalue weighted by Gasteiger charge is -2.43. The third-order valence-corrected chi connectivity index (χ3v) is 10.6. The minimum Gasteiger partial charge on any atom is -0.491 e. The molecular formula is C33H37ClN2O4S. The molecule has 0 spiro atoms. The largest absolute Gasteiger partial charge is 0.491 e. The topological polar surface area (TPSA) is 68.2 Å². The van der Waals surface area contributed by atoms with E-state index < -0.39 is 16.5 Å². The number of halogens is 1. The van der Waals surface area contributed by atoms with E-state index in [1.165, 1.54) is 11.1 Å². The van der Waals surface area contributed by atoms with Gasteiger partial charge in [0.05, 0.1) is 24.3 Å². The maximum absolute atomic E-state index is 13.2. The fraction of sp³-hybridized carbons (Fsp3) is 0.485. The van der Waals surface area contributed by atoms with E-state index in [2.05, 4.69) is 45.4 Å². The molecule has 1 fully saturated rings. The number of hydrogen-bond donors (Lipinski definition) is 1. The summed E-state index contributed by atoms with van der Waals surface area (Å²) < 4.78 is 29.3. The Labute approximate surface area is 249 Å². The first-order valence-corrected chi connectivity index (χ1v) is 16.4. The number of carbonyl (C=O) groups excluding carboxylic acids is 1. The monoisotopic (exact) mass is 592 g/mol. The fourth-order valence-electron chi connectivity index (χ4n) is 6.51. The molecular weight excluding hydrogens is 556 g/mol. The van der Waals surface area contributed by atoms with Crippen molar-refractivity contribution in [3.63, 3.8) is 0 Å². The van der Waals surface area contributed by atoms with E-state index in [0.29, 0.717) is 41.3 Å². The number of anilines is 1. The minimum absolute atomic E-state index is 0.0250. The highest BCUT2D eigenvalue weighted by atomic mass is 35.5. The first kappa shape index (κ1) is 28.3. The van der Waals surface area contributed by atoms with Gasteiger partial charge in [-0.3, -0.25) is 9.00 Å². The van der Waals surface area contributed by atoms with E-state index in [1.54, 1.807) is 13.2 Å². The lowest BCUT2D eigenvalue weighted by Crippen LogP contribution is -2.43. The van der Waals surface area contributed by atoms with Crippen molar-refractivity contribution in [3.8, 4) is 17.6 Å². The summed E-state index contributed by atoms with van der Waals surface area (Å²) in [6, 6.07) is 11.6. The van der Waals surface area contributed by atoms with E-state index in [4.69, 9.17) is 21.1 Å². The van der Waals surface area contributed by atoms with E-state index in [1.807, 2.05) is 25.1 Å². The lowest BCUT2D eigenvalue weighted by atomic mass is 9.70. The van der Waals surface area contributed by atoms with E-state index in [9.17, 15) is 9.00 Å². The van der Waals surface area contributed by atoms with Crippen LogP contribution in [0.3, 0.4) is 0 Å². The Hall–Kier alpha value is -2.79. The number of thiol groups is 1. The zero-order valence-corrected chi connectivity index (χ0v) is 25.2. The van der Waals surface area contributed by atoms with E-state index in [-0.39, 0.29) is 23.9 Å². The molecule has 2 aliphatic heterocycles. The van der Waals surface area contributed by atoms with Crippen LogP contribution < -0.4 is 9.64 Å². The summed E-state index contributed by atoms with van der Waals surface area (Å²) in [6.45, 7) is 3.99. The smallest absolute Gasteiger partial charge is 0.284 e. The number of amides is 1. The van der Waals surface area contributed by atoms with Crippen LogP contribution in [0.4, 0.5) is 5.69 Å². The number of carbonyl (C=O) groups is 1. The van der Waals surface area contributed by atoms with Crippen LogP contribution in [-0.2, 0) is 21.9 Å². The fourth-order valence-corrected chi connectivity index (χ4v) is 7.77. The average molecular weight is 593 g/mol. The van der Waals surface area contributed by atoms with Gasteiger partial charge in [-0.25, -0.2) is 0 Å². The van der Waals surface area contributed by atoms with Crippen LogP contribution in [0, 0.1) is 35.5 Å². The highest BCUT2D eigenvalue weighted by Gasteiger charge is 2.38. The van der Waals surface area contributed by atoms with Gasteiger partial charge in [0.25, 0.3) is 5.91 Å². The average Bonchev–Trinajstić information content (AvgIpc) is 2.92. The Balaban J connectivity index is 1.46. The summed E-state index contributed by atoms with van der Waals surface area (Å²) in [6.07, 6.45) is 8.14. The van der Waals surface area contributed by atoms with Crippen molar-refractivity contribution in [2.24, 2.45) is 28.0 Å². The summed E-state index contributed by atoms with van der Waals surface area (Å²) in [7, 11) is -0.224. The third-order valence-electron chi connectivity index (χ3n) is 9.02.